The molecule has 124 valence electrons. The number of amides is 2. The number of furan rings is 1. The van der Waals surface area contributed by atoms with Crippen LogP contribution in [-0.4, -0.2) is 28.4 Å². The molecule has 23 heavy (non-hydrogen) atoms. The highest BCUT2D eigenvalue weighted by Gasteiger charge is 2.23. The summed E-state index contributed by atoms with van der Waals surface area (Å²) in [6, 6.07) is 2.92. The van der Waals surface area contributed by atoms with Gasteiger partial charge in [0.05, 0.1) is 6.26 Å². The zero-order chi connectivity index (χ0) is 17.2. The number of rotatable bonds is 4. The van der Waals surface area contributed by atoms with Gasteiger partial charge >= 0.3 is 0 Å². The second-order valence-corrected chi connectivity index (χ2v) is 7.54. The lowest BCUT2D eigenvalue weighted by molar-refractivity contribution is -0.124. The van der Waals surface area contributed by atoms with Crippen LogP contribution < -0.4 is 10.6 Å². The first-order valence-electron chi connectivity index (χ1n) is 7.31. The lowest BCUT2D eigenvalue weighted by Crippen LogP contribution is -2.50. The van der Waals surface area contributed by atoms with Crippen molar-refractivity contribution in [2.45, 2.75) is 46.2 Å². The van der Waals surface area contributed by atoms with Gasteiger partial charge in [-0.3, -0.25) is 9.59 Å². The Bertz CT molecular complexity index is 699. The predicted molar refractivity (Wildman–Crippen MR) is 89.4 cm³/mol. The van der Waals surface area contributed by atoms with E-state index in [1.165, 1.54) is 11.3 Å². The Kier molecular flexibility index (Phi) is 4.89. The molecule has 2 amide bonds. The second kappa shape index (κ2) is 6.54. The summed E-state index contributed by atoms with van der Waals surface area (Å²) < 4.78 is 5.29. The summed E-state index contributed by atoms with van der Waals surface area (Å²) in [7, 11) is 0. The first kappa shape index (κ1) is 17.2. The van der Waals surface area contributed by atoms with Crippen LogP contribution in [0, 0.1) is 6.92 Å². The van der Waals surface area contributed by atoms with E-state index in [9.17, 15) is 9.59 Å². The molecular weight excluding hydrogens is 314 g/mol. The van der Waals surface area contributed by atoms with Crippen LogP contribution in [0.3, 0.4) is 0 Å². The molecule has 2 rings (SSSR count). The van der Waals surface area contributed by atoms with Crippen molar-refractivity contribution in [2.75, 3.05) is 0 Å². The van der Waals surface area contributed by atoms with Crippen molar-refractivity contribution >= 4 is 23.2 Å². The molecule has 0 aliphatic rings. The van der Waals surface area contributed by atoms with Gasteiger partial charge in [0.15, 0.2) is 10.8 Å². The van der Waals surface area contributed by atoms with E-state index in [4.69, 9.17) is 4.42 Å². The molecule has 0 fully saturated rings. The number of nitrogens with one attached hydrogen (secondary N) is 2. The maximum atomic E-state index is 12.4. The maximum Gasteiger partial charge on any atom is 0.271 e. The van der Waals surface area contributed by atoms with Crippen molar-refractivity contribution in [3.05, 3.63) is 29.0 Å². The molecule has 2 aromatic rings. The molecule has 0 spiro atoms. The smallest absolute Gasteiger partial charge is 0.271 e. The van der Waals surface area contributed by atoms with E-state index < -0.39 is 6.04 Å². The van der Waals surface area contributed by atoms with Crippen LogP contribution >= 0.6 is 11.3 Å². The van der Waals surface area contributed by atoms with Crippen molar-refractivity contribution in [3.8, 4) is 10.8 Å². The maximum absolute atomic E-state index is 12.4. The van der Waals surface area contributed by atoms with Crippen LogP contribution in [0.1, 0.15) is 43.1 Å². The fourth-order valence-electron chi connectivity index (χ4n) is 1.92. The minimum atomic E-state index is -0.644. The number of aromatic nitrogens is 1. The van der Waals surface area contributed by atoms with Gasteiger partial charge in [-0.2, -0.15) is 0 Å². The molecule has 1 unspecified atom stereocenters. The van der Waals surface area contributed by atoms with E-state index in [0.717, 1.165) is 4.88 Å². The first-order chi connectivity index (χ1) is 10.7. The molecule has 0 aromatic carbocycles. The van der Waals surface area contributed by atoms with Gasteiger partial charge in [0.2, 0.25) is 5.91 Å². The van der Waals surface area contributed by atoms with Crippen LogP contribution in [0.25, 0.3) is 10.8 Å². The predicted octanol–water partition coefficient (Wildman–Crippen LogP) is 2.74. The van der Waals surface area contributed by atoms with Crippen LogP contribution in [0.2, 0.25) is 0 Å². The normalized spacial score (nSPS) is 12.7. The number of aryl methyl sites for hydroxylation is 1. The summed E-state index contributed by atoms with van der Waals surface area (Å²) in [6.07, 6.45) is 1.56. The van der Waals surface area contributed by atoms with E-state index in [0.29, 0.717) is 16.5 Å². The lowest BCUT2D eigenvalue weighted by Gasteiger charge is -2.23. The molecule has 1 atom stereocenters. The average molecular weight is 335 g/mol. The van der Waals surface area contributed by atoms with Crippen molar-refractivity contribution < 1.29 is 14.0 Å². The van der Waals surface area contributed by atoms with E-state index in [1.807, 2.05) is 27.7 Å². The largest absolute Gasteiger partial charge is 0.462 e. The minimum absolute atomic E-state index is 0.231. The average Bonchev–Trinajstić information content (AvgIpc) is 3.05. The number of carbonyl (C=O) groups excluding carboxylic acids is 2. The zero-order valence-corrected chi connectivity index (χ0v) is 14.7. The molecule has 7 heteroatoms. The summed E-state index contributed by atoms with van der Waals surface area (Å²) in [6.45, 7) is 9.13. The van der Waals surface area contributed by atoms with E-state index >= 15 is 0 Å². The monoisotopic (exact) mass is 335 g/mol. The highest BCUT2D eigenvalue weighted by Crippen LogP contribution is 2.27. The van der Waals surface area contributed by atoms with Crippen molar-refractivity contribution in [1.29, 1.82) is 0 Å². The SMILES string of the molecule is Cc1sc(-c2ccco2)nc1C(=O)NC(C)C(=O)NC(C)(C)C. The van der Waals surface area contributed by atoms with Crippen LogP contribution in [0.15, 0.2) is 22.8 Å². The Morgan fingerprint density at radius 1 is 1.35 bits per heavy atom. The summed E-state index contributed by atoms with van der Waals surface area (Å²) in [5, 5.41) is 6.16. The Morgan fingerprint density at radius 2 is 2.04 bits per heavy atom. The van der Waals surface area contributed by atoms with Gasteiger partial charge in [0.1, 0.15) is 11.7 Å². The third kappa shape index (κ3) is 4.41. The Labute approximate surface area is 139 Å². The molecule has 0 radical (unpaired) electrons. The van der Waals surface area contributed by atoms with Gasteiger partial charge in [-0.1, -0.05) is 0 Å². The van der Waals surface area contributed by atoms with E-state index in [1.54, 1.807) is 25.3 Å². The molecule has 6 nitrogen and oxygen atoms in total. The number of nitrogens with zero attached hydrogens (tertiary/aromatic N) is 1. The molecule has 0 aliphatic carbocycles. The van der Waals surface area contributed by atoms with E-state index in [2.05, 4.69) is 15.6 Å². The van der Waals surface area contributed by atoms with Gasteiger partial charge < -0.3 is 15.1 Å². The highest BCUT2D eigenvalue weighted by atomic mass is 32.1. The Balaban J connectivity index is 2.08. The molecule has 2 aromatic heterocycles. The summed E-state index contributed by atoms with van der Waals surface area (Å²) in [4.78, 5) is 29.5. The third-order valence-electron chi connectivity index (χ3n) is 2.98. The molecule has 2 heterocycles. The van der Waals surface area contributed by atoms with Crippen LogP contribution in [0.4, 0.5) is 0 Å². The fourth-order valence-corrected chi connectivity index (χ4v) is 2.80. The highest BCUT2D eigenvalue weighted by molar-refractivity contribution is 7.15. The number of hydrogen-bond donors (Lipinski definition) is 2. The number of hydrogen-bond acceptors (Lipinski definition) is 5. The topological polar surface area (TPSA) is 84.2 Å². The van der Waals surface area contributed by atoms with Crippen LogP contribution in [-0.2, 0) is 4.79 Å². The lowest BCUT2D eigenvalue weighted by atomic mass is 10.1. The van der Waals surface area contributed by atoms with Crippen molar-refractivity contribution in [1.82, 2.24) is 15.6 Å². The van der Waals surface area contributed by atoms with Gasteiger partial charge in [0.25, 0.3) is 5.91 Å². The fraction of sp³-hybridized carbons (Fsp3) is 0.438. The van der Waals surface area contributed by atoms with Gasteiger partial charge in [-0.25, -0.2) is 4.98 Å². The molecule has 0 aliphatic heterocycles. The first-order valence-corrected chi connectivity index (χ1v) is 8.13. The summed E-state index contributed by atoms with van der Waals surface area (Å²) in [5.41, 5.74) is -0.0317. The molecule has 2 N–H and O–H groups in total. The molecule has 0 bridgehead atoms. The molecule has 0 saturated heterocycles. The minimum Gasteiger partial charge on any atom is -0.462 e. The van der Waals surface area contributed by atoms with Crippen molar-refractivity contribution in [3.63, 3.8) is 0 Å². The summed E-state index contributed by atoms with van der Waals surface area (Å²) >= 11 is 1.38. The third-order valence-corrected chi connectivity index (χ3v) is 3.97. The van der Waals surface area contributed by atoms with E-state index in [-0.39, 0.29) is 17.4 Å². The quantitative estimate of drug-likeness (QED) is 0.900. The van der Waals surface area contributed by atoms with Gasteiger partial charge in [-0.05, 0) is 46.8 Å². The number of thiazole rings is 1. The standard InChI is InChI=1S/C16H21N3O3S/c1-9(13(20)19-16(3,4)5)17-14(21)12-10(2)23-15(18-12)11-7-6-8-22-11/h6-9H,1-5H3,(H,17,21)(H,19,20). The van der Waals surface area contributed by atoms with Gasteiger partial charge in [0, 0.05) is 10.4 Å². The Hall–Kier alpha value is -2.15. The van der Waals surface area contributed by atoms with Crippen LogP contribution in [0.5, 0.6) is 0 Å². The summed E-state index contributed by atoms with van der Waals surface area (Å²) in [5.74, 6) is 0.0220. The molecular formula is C16H21N3O3S. The van der Waals surface area contributed by atoms with Crippen molar-refractivity contribution in [2.24, 2.45) is 0 Å². The molecule has 0 saturated carbocycles. The Morgan fingerprint density at radius 3 is 2.61 bits per heavy atom. The number of carbonyl (C=O) groups is 2. The zero-order valence-electron chi connectivity index (χ0n) is 13.9. The second-order valence-electron chi connectivity index (χ2n) is 6.34. The van der Waals surface area contributed by atoms with Gasteiger partial charge in [-0.15, -0.1) is 11.3 Å².